The number of imidazole rings is 1. The quantitative estimate of drug-likeness (QED) is 0.546. The maximum atomic E-state index is 11.4. The van der Waals surface area contributed by atoms with Gasteiger partial charge in [0, 0.05) is 12.7 Å². The van der Waals surface area contributed by atoms with E-state index in [9.17, 15) is 9.90 Å². The minimum absolute atomic E-state index is 0.175. The number of carboxylic acids is 1. The van der Waals surface area contributed by atoms with Crippen molar-refractivity contribution in [3.05, 3.63) is 59.7 Å². The molecule has 1 N–H and O–H groups in total. The lowest BCUT2D eigenvalue weighted by Gasteiger charge is -2.24. The molecule has 0 radical (unpaired) electrons. The summed E-state index contributed by atoms with van der Waals surface area (Å²) in [6, 6.07) is 13.2. The summed E-state index contributed by atoms with van der Waals surface area (Å²) in [5.74, 6) is 0.597. The molecule has 0 amide bonds. The van der Waals surface area contributed by atoms with Gasteiger partial charge in [-0.1, -0.05) is 12.5 Å². The first-order chi connectivity index (χ1) is 15.0. The Balaban J connectivity index is 1.52. The van der Waals surface area contributed by atoms with E-state index < -0.39 is 5.97 Å². The lowest BCUT2D eigenvalue weighted by molar-refractivity contribution is -0.137. The number of carboxylic acid groups (broad SMARTS) is 1. The van der Waals surface area contributed by atoms with Gasteiger partial charge in [-0.05, 0) is 62.1 Å². The molecule has 0 atom stereocenters. The average molecular weight is 418 g/mol. The predicted octanol–water partition coefficient (Wildman–Crippen LogP) is 5.02. The van der Waals surface area contributed by atoms with Gasteiger partial charge < -0.3 is 19.3 Å². The van der Waals surface area contributed by atoms with Crippen molar-refractivity contribution >= 4 is 28.4 Å². The van der Waals surface area contributed by atoms with Gasteiger partial charge >= 0.3 is 5.97 Å². The number of rotatable bonds is 7. The van der Waals surface area contributed by atoms with Crippen LogP contribution in [0, 0.1) is 6.57 Å². The Labute approximate surface area is 181 Å². The molecule has 1 aliphatic carbocycles. The molecule has 0 spiro atoms. The molecule has 2 aromatic carbocycles. The van der Waals surface area contributed by atoms with Crippen LogP contribution in [0.2, 0.25) is 0 Å². The van der Waals surface area contributed by atoms with Crippen LogP contribution in [0.25, 0.3) is 15.9 Å². The molecule has 1 aliphatic rings. The molecule has 1 saturated carbocycles. The SMILES string of the molecule is [C-]#[N+]c1ccc2c(c1)nc(CN(C)c1ccc(OC3CCCCC3)cc1)n2CC(=O)O. The Kier molecular flexibility index (Phi) is 6.08. The fourth-order valence-corrected chi connectivity index (χ4v) is 4.13. The molecule has 1 aromatic heterocycles. The van der Waals surface area contributed by atoms with Crippen LogP contribution in [-0.4, -0.2) is 33.8 Å². The zero-order chi connectivity index (χ0) is 21.8. The zero-order valence-electron chi connectivity index (χ0n) is 17.6. The van der Waals surface area contributed by atoms with E-state index in [4.69, 9.17) is 11.3 Å². The van der Waals surface area contributed by atoms with Crippen molar-refractivity contribution in [2.45, 2.75) is 51.3 Å². The lowest BCUT2D eigenvalue weighted by atomic mass is 9.98. The van der Waals surface area contributed by atoms with E-state index in [2.05, 4.69) is 9.83 Å². The summed E-state index contributed by atoms with van der Waals surface area (Å²) in [6.07, 6.45) is 6.33. The van der Waals surface area contributed by atoms with Crippen LogP contribution >= 0.6 is 0 Å². The van der Waals surface area contributed by atoms with E-state index in [1.54, 1.807) is 22.8 Å². The molecule has 7 nitrogen and oxygen atoms in total. The van der Waals surface area contributed by atoms with Crippen molar-refractivity contribution in [3.63, 3.8) is 0 Å². The highest BCUT2D eigenvalue weighted by Crippen LogP contribution is 2.27. The van der Waals surface area contributed by atoms with Gasteiger partial charge in [0.25, 0.3) is 0 Å². The van der Waals surface area contributed by atoms with E-state index in [1.807, 2.05) is 36.2 Å². The number of hydrogen-bond donors (Lipinski definition) is 1. The van der Waals surface area contributed by atoms with Crippen LogP contribution in [0.4, 0.5) is 11.4 Å². The highest BCUT2D eigenvalue weighted by molar-refractivity contribution is 5.82. The van der Waals surface area contributed by atoms with Crippen LogP contribution < -0.4 is 9.64 Å². The number of fused-ring (bicyclic) bond motifs is 1. The molecule has 1 heterocycles. The summed E-state index contributed by atoms with van der Waals surface area (Å²) in [5.41, 5.74) is 2.83. The third kappa shape index (κ3) is 4.80. The van der Waals surface area contributed by atoms with Crippen molar-refractivity contribution in [1.82, 2.24) is 9.55 Å². The number of anilines is 1. The van der Waals surface area contributed by atoms with Crippen LogP contribution in [0.3, 0.4) is 0 Å². The topological polar surface area (TPSA) is 72.0 Å². The minimum Gasteiger partial charge on any atom is -0.490 e. The summed E-state index contributed by atoms with van der Waals surface area (Å²) in [7, 11) is 1.95. The molecule has 1 fully saturated rings. The van der Waals surface area contributed by atoms with Gasteiger partial charge in [-0.2, -0.15) is 0 Å². The van der Waals surface area contributed by atoms with Crippen molar-refractivity contribution < 1.29 is 14.6 Å². The molecule has 0 unspecified atom stereocenters. The van der Waals surface area contributed by atoms with Gasteiger partial charge in [0.2, 0.25) is 0 Å². The number of benzene rings is 2. The monoisotopic (exact) mass is 418 g/mol. The summed E-state index contributed by atoms with van der Waals surface area (Å²) in [4.78, 5) is 21.5. The second kappa shape index (κ2) is 9.09. The third-order valence-corrected chi connectivity index (χ3v) is 5.74. The van der Waals surface area contributed by atoms with Crippen molar-refractivity contribution in [2.24, 2.45) is 0 Å². The minimum atomic E-state index is -0.929. The number of carbonyl (C=O) groups is 1. The van der Waals surface area contributed by atoms with E-state index >= 15 is 0 Å². The highest BCUT2D eigenvalue weighted by Gasteiger charge is 2.17. The Morgan fingerprint density at radius 1 is 1.23 bits per heavy atom. The number of nitrogens with zero attached hydrogens (tertiary/aromatic N) is 4. The fraction of sp³-hybridized carbons (Fsp3) is 0.375. The van der Waals surface area contributed by atoms with Crippen LogP contribution in [-0.2, 0) is 17.9 Å². The molecule has 0 aliphatic heterocycles. The smallest absolute Gasteiger partial charge is 0.323 e. The number of hydrogen-bond acceptors (Lipinski definition) is 4. The standard InChI is InChI=1S/C24H26N4O3/c1-25-17-8-13-22-21(14-17)26-23(28(22)16-24(29)30)15-27(2)18-9-11-20(12-10-18)31-19-6-4-3-5-7-19/h8-14,19H,3-7,15-16H2,2H3,(H,29,30). The molecule has 160 valence electrons. The summed E-state index contributed by atoms with van der Waals surface area (Å²) < 4.78 is 7.81. The second-order valence-electron chi connectivity index (χ2n) is 8.02. The van der Waals surface area contributed by atoms with Gasteiger partial charge in [-0.15, -0.1) is 0 Å². The van der Waals surface area contributed by atoms with Gasteiger partial charge in [0.1, 0.15) is 18.1 Å². The van der Waals surface area contributed by atoms with Gasteiger partial charge in [0.05, 0.1) is 30.3 Å². The summed E-state index contributed by atoms with van der Waals surface area (Å²) >= 11 is 0. The Morgan fingerprint density at radius 2 is 1.97 bits per heavy atom. The molecule has 31 heavy (non-hydrogen) atoms. The maximum Gasteiger partial charge on any atom is 0.323 e. The van der Waals surface area contributed by atoms with Crippen LogP contribution in [0.5, 0.6) is 5.75 Å². The molecule has 3 aromatic rings. The fourth-order valence-electron chi connectivity index (χ4n) is 4.13. The second-order valence-corrected chi connectivity index (χ2v) is 8.02. The first-order valence-electron chi connectivity index (χ1n) is 10.6. The number of aliphatic carboxylic acids is 1. The predicted molar refractivity (Wildman–Crippen MR) is 120 cm³/mol. The first kappa shape index (κ1) is 20.7. The highest BCUT2D eigenvalue weighted by atomic mass is 16.5. The Hall–Kier alpha value is -3.53. The first-order valence-corrected chi connectivity index (χ1v) is 10.6. The van der Waals surface area contributed by atoms with Gasteiger partial charge in [-0.25, -0.2) is 9.83 Å². The average Bonchev–Trinajstić information content (AvgIpc) is 3.10. The van der Waals surface area contributed by atoms with E-state index in [0.717, 1.165) is 29.8 Å². The van der Waals surface area contributed by atoms with E-state index in [-0.39, 0.29) is 6.54 Å². The van der Waals surface area contributed by atoms with Crippen LogP contribution in [0.15, 0.2) is 42.5 Å². The maximum absolute atomic E-state index is 11.4. The van der Waals surface area contributed by atoms with Crippen molar-refractivity contribution in [2.75, 3.05) is 11.9 Å². The van der Waals surface area contributed by atoms with E-state index in [1.165, 1.54) is 19.3 Å². The number of ether oxygens (including phenoxy) is 1. The van der Waals surface area contributed by atoms with Gasteiger partial charge in [0.15, 0.2) is 5.69 Å². The normalized spacial score (nSPS) is 14.3. The zero-order valence-corrected chi connectivity index (χ0v) is 17.6. The third-order valence-electron chi connectivity index (χ3n) is 5.74. The summed E-state index contributed by atoms with van der Waals surface area (Å²) in [6.45, 7) is 7.46. The van der Waals surface area contributed by atoms with Crippen LogP contribution in [0.1, 0.15) is 37.9 Å². The van der Waals surface area contributed by atoms with Crippen molar-refractivity contribution in [3.8, 4) is 5.75 Å². The van der Waals surface area contributed by atoms with Gasteiger partial charge in [-0.3, -0.25) is 4.79 Å². The van der Waals surface area contributed by atoms with Crippen molar-refractivity contribution in [1.29, 1.82) is 0 Å². The lowest BCUT2D eigenvalue weighted by Crippen LogP contribution is -2.21. The Morgan fingerprint density at radius 3 is 2.65 bits per heavy atom. The Bertz CT molecular complexity index is 1110. The molecule has 0 saturated heterocycles. The molecule has 7 heteroatoms. The molecule has 4 rings (SSSR count). The van der Waals surface area contributed by atoms with E-state index in [0.29, 0.717) is 29.7 Å². The molecular weight excluding hydrogens is 392 g/mol. The largest absolute Gasteiger partial charge is 0.490 e. The molecule has 0 bridgehead atoms. The molecular formula is C24H26N4O3. The summed E-state index contributed by atoms with van der Waals surface area (Å²) in [5, 5.41) is 9.36. The number of aromatic nitrogens is 2.